The van der Waals surface area contributed by atoms with Crippen molar-refractivity contribution in [3.63, 3.8) is 0 Å². The van der Waals surface area contributed by atoms with Crippen LogP contribution in [-0.4, -0.2) is 22.5 Å². The van der Waals surface area contributed by atoms with Crippen LogP contribution in [0, 0.1) is 5.82 Å². The maximum Gasteiger partial charge on any atom is 0.148 e. The summed E-state index contributed by atoms with van der Waals surface area (Å²) in [5, 5.41) is 12.0. The van der Waals surface area contributed by atoms with E-state index in [2.05, 4.69) is 40.4 Å². The molecule has 0 unspecified atom stereocenters. The summed E-state index contributed by atoms with van der Waals surface area (Å²) in [4.78, 5) is 4.53. The molecule has 2 aromatic carbocycles. The molecule has 142 valence electrons. The second-order valence-corrected chi connectivity index (χ2v) is 7.92. The molecule has 0 atom stereocenters. The molecule has 1 aliphatic heterocycles. The molecule has 28 heavy (non-hydrogen) atoms. The Labute approximate surface area is 164 Å². The van der Waals surface area contributed by atoms with Gasteiger partial charge in [-0.25, -0.2) is 4.39 Å². The molecule has 1 aromatic heterocycles. The van der Waals surface area contributed by atoms with Crippen LogP contribution in [0.25, 0.3) is 11.3 Å². The Bertz CT molecular complexity index is 1020. The summed E-state index contributed by atoms with van der Waals surface area (Å²) >= 11 is 0. The van der Waals surface area contributed by atoms with Gasteiger partial charge in [-0.05, 0) is 54.4 Å². The molecule has 0 bridgehead atoms. The summed E-state index contributed by atoms with van der Waals surface area (Å²) in [6.45, 7) is 6.95. The molecular formula is C23H23FN4. The fourth-order valence-electron chi connectivity index (χ4n) is 3.41. The minimum absolute atomic E-state index is 0.161. The van der Waals surface area contributed by atoms with Gasteiger partial charge >= 0.3 is 0 Å². The Morgan fingerprint density at radius 2 is 1.79 bits per heavy atom. The third kappa shape index (κ3) is 3.79. The highest BCUT2D eigenvalue weighted by Crippen LogP contribution is 2.31. The van der Waals surface area contributed by atoms with Crippen molar-refractivity contribution < 1.29 is 4.39 Å². The monoisotopic (exact) mass is 374 g/mol. The quantitative estimate of drug-likeness (QED) is 0.657. The maximum absolute atomic E-state index is 13.2. The lowest BCUT2D eigenvalue weighted by atomic mass is 9.84. The Morgan fingerprint density at radius 3 is 2.50 bits per heavy atom. The number of rotatable bonds is 5. The summed E-state index contributed by atoms with van der Waals surface area (Å²) in [6.07, 6.45) is 0.898. The molecule has 4 rings (SSSR count). The molecule has 1 N–H and O–H groups in total. The van der Waals surface area contributed by atoms with Crippen LogP contribution in [0.1, 0.15) is 31.9 Å². The van der Waals surface area contributed by atoms with Crippen LogP contribution in [0.4, 0.5) is 15.9 Å². The maximum atomic E-state index is 13.2. The molecule has 0 radical (unpaired) electrons. The number of anilines is 1. The van der Waals surface area contributed by atoms with E-state index in [9.17, 15) is 4.39 Å². The zero-order valence-corrected chi connectivity index (χ0v) is 16.3. The van der Waals surface area contributed by atoms with Crippen molar-refractivity contribution in [2.45, 2.75) is 32.6 Å². The van der Waals surface area contributed by atoms with Gasteiger partial charge in [-0.1, -0.05) is 32.0 Å². The third-order valence-electron chi connectivity index (χ3n) is 5.13. The number of hydrogen-bond donors (Lipinski definition) is 1. The predicted molar refractivity (Wildman–Crippen MR) is 112 cm³/mol. The van der Waals surface area contributed by atoms with E-state index in [0.29, 0.717) is 6.54 Å². The van der Waals surface area contributed by atoms with Crippen molar-refractivity contribution in [3.8, 4) is 11.3 Å². The van der Waals surface area contributed by atoms with Gasteiger partial charge in [-0.15, -0.1) is 10.2 Å². The smallest absolute Gasteiger partial charge is 0.148 e. The first-order chi connectivity index (χ1) is 13.4. The number of aliphatic imine (C=N–C) groups is 1. The van der Waals surface area contributed by atoms with Crippen LogP contribution in [-0.2, 0) is 11.8 Å². The highest BCUT2D eigenvalue weighted by atomic mass is 19.1. The highest BCUT2D eigenvalue weighted by Gasteiger charge is 2.20. The molecule has 0 aliphatic carbocycles. The van der Waals surface area contributed by atoms with Crippen molar-refractivity contribution in [2.24, 2.45) is 4.99 Å². The SMILES string of the molecule is CC1=Nc2ccc(-c3ccc(NCC(C)(C)c4ccc(F)cc4)nn3)cc2C1. The first-order valence-corrected chi connectivity index (χ1v) is 9.42. The number of hydrogen-bond acceptors (Lipinski definition) is 4. The number of nitrogens with zero attached hydrogens (tertiary/aromatic N) is 3. The van der Waals surface area contributed by atoms with Crippen LogP contribution in [0.2, 0.25) is 0 Å². The predicted octanol–water partition coefficient (Wildman–Crippen LogP) is 5.32. The zero-order chi connectivity index (χ0) is 19.7. The van der Waals surface area contributed by atoms with E-state index in [4.69, 9.17) is 0 Å². The first kappa shape index (κ1) is 18.3. The largest absolute Gasteiger partial charge is 0.368 e. The van der Waals surface area contributed by atoms with E-state index >= 15 is 0 Å². The molecule has 0 fully saturated rings. The summed E-state index contributed by atoms with van der Waals surface area (Å²) in [7, 11) is 0. The second kappa shape index (κ2) is 7.15. The molecule has 5 heteroatoms. The molecule has 0 saturated heterocycles. The standard InChI is InChI=1S/C23H23FN4/c1-15-12-17-13-16(4-9-20(17)26-15)21-10-11-22(28-27-21)25-14-23(2,3)18-5-7-19(24)8-6-18/h4-11,13H,12,14H2,1-3H3,(H,25,28). The first-order valence-electron chi connectivity index (χ1n) is 9.42. The molecule has 0 amide bonds. The molecule has 3 aromatic rings. The molecule has 4 nitrogen and oxygen atoms in total. The average Bonchev–Trinajstić information content (AvgIpc) is 3.06. The Morgan fingerprint density at radius 1 is 1.00 bits per heavy atom. The molecular weight excluding hydrogens is 351 g/mol. The van der Waals surface area contributed by atoms with Crippen LogP contribution >= 0.6 is 0 Å². The minimum Gasteiger partial charge on any atom is -0.368 e. The van der Waals surface area contributed by atoms with Crippen LogP contribution in [0.15, 0.2) is 59.6 Å². The normalized spacial score (nSPS) is 13.2. The fourth-order valence-corrected chi connectivity index (χ4v) is 3.41. The van der Waals surface area contributed by atoms with Gasteiger partial charge in [0.25, 0.3) is 0 Å². The Hall–Kier alpha value is -3.08. The molecule has 0 saturated carbocycles. The van der Waals surface area contributed by atoms with Gasteiger partial charge in [-0.2, -0.15) is 0 Å². The lowest BCUT2D eigenvalue weighted by Crippen LogP contribution is -2.28. The summed E-state index contributed by atoms with van der Waals surface area (Å²) < 4.78 is 13.2. The third-order valence-corrected chi connectivity index (χ3v) is 5.13. The number of fused-ring (bicyclic) bond motifs is 1. The molecule has 0 spiro atoms. The van der Waals surface area contributed by atoms with E-state index in [0.717, 1.165) is 40.5 Å². The van der Waals surface area contributed by atoms with E-state index < -0.39 is 0 Å². The summed E-state index contributed by atoms with van der Waals surface area (Å²) in [5.74, 6) is 0.501. The number of aromatic nitrogens is 2. The van der Waals surface area contributed by atoms with Crippen molar-refractivity contribution in [2.75, 3.05) is 11.9 Å². The Balaban J connectivity index is 1.44. The van der Waals surface area contributed by atoms with Gasteiger partial charge in [0.2, 0.25) is 0 Å². The average molecular weight is 374 g/mol. The second-order valence-electron chi connectivity index (χ2n) is 7.92. The zero-order valence-electron chi connectivity index (χ0n) is 16.3. The van der Waals surface area contributed by atoms with Gasteiger partial charge in [0.05, 0.1) is 11.4 Å². The number of benzene rings is 2. The topological polar surface area (TPSA) is 50.2 Å². The van der Waals surface area contributed by atoms with Crippen LogP contribution in [0.3, 0.4) is 0 Å². The Kier molecular flexibility index (Phi) is 4.67. The fraction of sp³-hybridized carbons (Fsp3) is 0.261. The molecule has 2 heterocycles. The van der Waals surface area contributed by atoms with Gasteiger partial charge in [0, 0.05) is 29.7 Å². The number of halogens is 1. The van der Waals surface area contributed by atoms with E-state index in [-0.39, 0.29) is 11.2 Å². The van der Waals surface area contributed by atoms with Crippen LogP contribution in [0.5, 0.6) is 0 Å². The number of nitrogens with one attached hydrogen (secondary N) is 1. The van der Waals surface area contributed by atoms with Crippen molar-refractivity contribution in [1.82, 2.24) is 10.2 Å². The van der Waals surface area contributed by atoms with Gasteiger partial charge in [-0.3, -0.25) is 4.99 Å². The van der Waals surface area contributed by atoms with Gasteiger partial charge in [0.1, 0.15) is 11.6 Å². The van der Waals surface area contributed by atoms with Gasteiger partial charge in [0.15, 0.2) is 0 Å². The van der Waals surface area contributed by atoms with Gasteiger partial charge < -0.3 is 5.32 Å². The summed E-state index contributed by atoms with van der Waals surface area (Å²) in [5.41, 5.74) is 6.23. The van der Waals surface area contributed by atoms with E-state index in [1.165, 1.54) is 17.7 Å². The van der Waals surface area contributed by atoms with E-state index in [1.807, 2.05) is 43.3 Å². The lowest BCUT2D eigenvalue weighted by Gasteiger charge is -2.25. The van der Waals surface area contributed by atoms with Crippen molar-refractivity contribution in [3.05, 3.63) is 71.5 Å². The van der Waals surface area contributed by atoms with Crippen molar-refractivity contribution >= 4 is 17.2 Å². The van der Waals surface area contributed by atoms with Crippen LogP contribution < -0.4 is 5.32 Å². The minimum atomic E-state index is -0.220. The highest BCUT2D eigenvalue weighted by molar-refractivity contribution is 5.92. The van der Waals surface area contributed by atoms with E-state index in [1.54, 1.807) is 0 Å². The van der Waals surface area contributed by atoms with Crippen molar-refractivity contribution in [1.29, 1.82) is 0 Å². The lowest BCUT2D eigenvalue weighted by molar-refractivity contribution is 0.552. The molecule has 1 aliphatic rings. The summed E-state index contributed by atoms with van der Waals surface area (Å²) in [6, 6.07) is 16.8.